The van der Waals surface area contributed by atoms with E-state index in [1.165, 1.54) is 30.2 Å². The van der Waals surface area contributed by atoms with Crippen LogP contribution in [0.2, 0.25) is 0 Å². The van der Waals surface area contributed by atoms with E-state index in [0.29, 0.717) is 5.13 Å². The Labute approximate surface area is 119 Å². The highest BCUT2D eigenvalue weighted by Gasteiger charge is 2.08. The standard InChI is InChI=1S/C12H13N3O2S2/c1-8-5-3-4-6-9(8)13-11-14-15-12(19-11)18-7-10(16)17-2/h3-6H,7H2,1-2H3,(H,13,14). The van der Waals surface area contributed by atoms with Gasteiger partial charge in [-0.2, -0.15) is 0 Å². The highest BCUT2D eigenvalue weighted by atomic mass is 32.2. The van der Waals surface area contributed by atoms with Crippen LogP contribution < -0.4 is 5.32 Å². The lowest BCUT2D eigenvalue weighted by Crippen LogP contribution is -2.02. The van der Waals surface area contributed by atoms with E-state index in [-0.39, 0.29) is 11.7 Å². The van der Waals surface area contributed by atoms with Crippen LogP contribution in [0.1, 0.15) is 5.56 Å². The molecule has 0 bridgehead atoms. The molecule has 2 rings (SSSR count). The first-order chi connectivity index (χ1) is 9.19. The molecule has 0 aliphatic heterocycles. The van der Waals surface area contributed by atoms with E-state index in [2.05, 4.69) is 20.3 Å². The van der Waals surface area contributed by atoms with Crippen LogP contribution in [0.4, 0.5) is 10.8 Å². The molecule has 1 heterocycles. The lowest BCUT2D eigenvalue weighted by Gasteiger charge is -2.04. The number of hydrogen-bond acceptors (Lipinski definition) is 7. The summed E-state index contributed by atoms with van der Waals surface area (Å²) in [4.78, 5) is 11.0. The molecule has 0 saturated heterocycles. The lowest BCUT2D eigenvalue weighted by atomic mass is 10.2. The van der Waals surface area contributed by atoms with Crippen LogP contribution >= 0.6 is 23.1 Å². The van der Waals surface area contributed by atoms with Gasteiger partial charge in [-0.25, -0.2) is 0 Å². The Morgan fingerprint density at radius 3 is 2.95 bits per heavy atom. The molecule has 1 aromatic heterocycles. The molecular weight excluding hydrogens is 282 g/mol. The van der Waals surface area contributed by atoms with Crippen LogP contribution in [-0.4, -0.2) is 29.0 Å². The van der Waals surface area contributed by atoms with Crippen molar-refractivity contribution in [3.05, 3.63) is 29.8 Å². The number of carbonyl (C=O) groups is 1. The van der Waals surface area contributed by atoms with E-state index in [1.807, 2.05) is 31.2 Å². The van der Waals surface area contributed by atoms with Gasteiger partial charge in [-0.3, -0.25) is 4.79 Å². The number of aryl methyl sites for hydroxylation is 1. The Hall–Kier alpha value is -1.60. The van der Waals surface area contributed by atoms with Crippen molar-refractivity contribution in [1.82, 2.24) is 10.2 Å². The fourth-order valence-electron chi connectivity index (χ4n) is 1.33. The highest BCUT2D eigenvalue weighted by molar-refractivity contribution is 8.01. The number of rotatable bonds is 5. The van der Waals surface area contributed by atoms with Gasteiger partial charge in [-0.15, -0.1) is 10.2 Å². The summed E-state index contributed by atoms with van der Waals surface area (Å²) in [5, 5.41) is 12.0. The maximum absolute atomic E-state index is 11.0. The van der Waals surface area contributed by atoms with E-state index in [0.717, 1.165) is 15.6 Å². The molecule has 19 heavy (non-hydrogen) atoms. The number of nitrogens with one attached hydrogen (secondary N) is 1. The fourth-order valence-corrected chi connectivity index (χ4v) is 2.92. The molecule has 1 N–H and O–H groups in total. The molecule has 0 spiro atoms. The molecule has 2 aromatic rings. The van der Waals surface area contributed by atoms with Gasteiger partial charge in [0.2, 0.25) is 5.13 Å². The van der Waals surface area contributed by atoms with Crippen molar-refractivity contribution in [1.29, 1.82) is 0 Å². The lowest BCUT2D eigenvalue weighted by molar-refractivity contribution is -0.137. The molecule has 0 amide bonds. The highest BCUT2D eigenvalue weighted by Crippen LogP contribution is 2.28. The minimum atomic E-state index is -0.270. The van der Waals surface area contributed by atoms with E-state index >= 15 is 0 Å². The predicted octanol–water partition coefficient (Wildman–Crippen LogP) is 2.86. The normalized spacial score (nSPS) is 10.2. The summed E-state index contributed by atoms with van der Waals surface area (Å²) in [5.74, 6) is -0.0243. The first-order valence-corrected chi connectivity index (χ1v) is 7.35. The van der Waals surface area contributed by atoms with Crippen molar-refractivity contribution in [2.24, 2.45) is 0 Å². The largest absolute Gasteiger partial charge is 0.468 e. The average molecular weight is 295 g/mol. The molecule has 5 nitrogen and oxygen atoms in total. The number of aromatic nitrogens is 2. The van der Waals surface area contributed by atoms with Crippen LogP contribution in [-0.2, 0) is 9.53 Å². The van der Waals surface area contributed by atoms with E-state index in [9.17, 15) is 4.79 Å². The maximum atomic E-state index is 11.0. The molecule has 0 radical (unpaired) electrons. The van der Waals surface area contributed by atoms with Crippen LogP contribution in [0.15, 0.2) is 28.6 Å². The zero-order valence-electron chi connectivity index (χ0n) is 10.5. The molecular formula is C12H13N3O2S2. The molecule has 0 saturated carbocycles. The number of para-hydroxylation sites is 1. The summed E-state index contributed by atoms with van der Waals surface area (Å²) >= 11 is 2.73. The quantitative estimate of drug-likeness (QED) is 0.676. The average Bonchev–Trinajstić information content (AvgIpc) is 2.86. The van der Waals surface area contributed by atoms with Gasteiger partial charge in [0.05, 0.1) is 12.9 Å². The summed E-state index contributed by atoms with van der Waals surface area (Å²) < 4.78 is 5.31. The van der Waals surface area contributed by atoms with Gasteiger partial charge >= 0.3 is 5.97 Å². The fraction of sp³-hybridized carbons (Fsp3) is 0.250. The number of anilines is 2. The number of esters is 1. The van der Waals surface area contributed by atoms with Crippen LogP contribution in [0.5, 0.6) is 0 Å². The minimum Gasteiger partial charge on any atom is -0.468 e. The number of hydrogen-bond donors (Lipinski definition) is 1. The SMILES string of the molecule is COC(=O)CSc1nnc(Nc2ccccc2C)s1. The number of carbonyl (C=O) groups excluding carboxylic acids is 1. The Balaban J connectivity index is 1.98. The Morgan fingerprint density at radius 1 is 1.42 bits per heavy atom. The maximum Gasteiger partial charge on any atom is 0.316 e. The number of thioether (sulfide) groups is 1. The van der Waals surface area contributed by atoms with Gasteiger partial charge in [0.25, 0.3) is 0 Å². The molecule has 0 aliphatic rings. The predicted molar refractivity (Wildman–Crippen MR) is 77.1 cm³/mol. The number of methoxy groups -OCH3 is 1. The molecule has 100 valence electrons. The van der Waals surface area contributed by atoms with Crippen LogP contribution in [0, 0.1) is 6.92 Å². The number of benzene rings is 1. The third-order valence-corrected chi connectivity index (χ3v) is 4.28. The third kappa shape index (κ3) is 3.93. The second kappa shape index (κ2) is 6.53. The third-order valence-electron chi connectivity index (χ3n) is 2.33. The van der Waals surface area contributed by atoms with Gasteiger partial charge in [0, 0.05) is 5.69 Å². The molecule has 1 aromatic carbocycles. The van der Waals surface area contributed by atoms with Crippen LogP contribution in [0.3, 0.4) is 0 Å². The Kier molecular flexibility index (Phi) is 4.75. The monoisotopic (exact) mass is 295 g/mol. The zero-order chi connectivity index (χ0) is 13.7. The zero-order valence-corrected chi connectivity index (χ0v) is 12.2. The van der Waals surface area contributed by atoms with Gasteiger partial charge in [0.1, 0.15) is 0 Å². The van der Waals surface area contributed by atoms with E-state index in [1.54, 1.807) is 0 Å². The molecule has 7 heteroatoms. The van der Waals surface area contributed by atoms with Crippen molar-refractivity contribution < 1.29 is 9.53 Å². The summed E-state index contributed by atoms with van der Waals surface area (Å²) in [6.07, 6.45) is 0. The van der Waals surface area contributed by atoms with Crippen molar-refractivity contribution >= 4 is 39.9 Å². The summed E-state index contributed by atoms with van der Waals surface area (Å²) in [6, 6.07) is 7.95. The topological polar surface area (TPSA) is 64.1 Å². The molecule has 0 aliphatic carbocycles. The van der Waals surface area contributed by atoms with Gasteiger partial charge < -0.3 is 10.1 Å². The van der Waals surface area contributed by atoms with Crippen molar-refractivity contribution in [2.45, 2.75) is 11.3 Å². The minimum absolute atomic E-state index is 0.246. The van der Waals surface area contributed by atoms with Gasteiger partial charge in [0.15, 0.2) is 4.34 Å². The molecule has 0 fully saturated rings. The Morgan fingerprint density at radius 2 is 2.21 bits per heavy atom. The number of nitrogens with zero attached hydrogens (tertiary/aromatic N) is 2. The van der Waals surface area contributed by atoms with Crippen molar-refractivity contribution in [3.8, 4) is 0 Å². The van der Waals surface area contributed by atoms with Crippen molar-refractivity contribution in [2.75, 3.05) is 18.2 Å². The summed E-state index contributed by atoms with van der Waals surface area (Å²) in [6.45, 7) is 2.02. The number of ether oxygens (including phenoxy) is 1. The van der Waals surface area contributed by atoms with Gasteiger partial charge in [-0.05, 0) is 18.6 Å². The first kappa shape index (κ1) is 13.8. The van der Waals surface area contributed by atoms with E-state index in [4.69, 9.17) is 0 Å². The Bertz CT molecular complexity index is 572. The second-order valence-corrected chi connectivity index (χ2v) is 5.88. The summed E-state index contributed by atoms with van der Waals surface area (Å²) in [7, 11) is 1.37. The molecule has 0 atom stereocenters. The first-order valence-electron chi connectivity index (χ1n) is 5.55. The van der Waals surface area contributed by atoms with Crippen molar-refractivity contribution in [3.63, 3.8) is 0 Å². The molecule has 0 unspecified atom stereocenters. The smallest absolute Gasteiger partial charge is 0.316 e. The summed E-state index contributed by atoms with van der Waals surface area (Å²) in [5.41, 5.74) is 2.14. The van der Waals surface area contributed by atoms with Gasteiger partial charge in [-0.1, -0.05) is 41.3 Å². The second-order valence-electron chi connectivity index (χ2n) is 3.68. The van der Waals surface area contributed by atoms with Crippen LogP contribution in [0.25, 0.3) is 0 Å². The van der Waals surface area contributed by atoms with E-state index < -0.39 is 0 Å².